The normalized spacial score (nSPS) is 19.2. The molecule has 0 spiro atoms. The van der Waals surface area contributed by atoms with Crippen LogP contribution in [0.5, 0.6) is 5.75 Å². The standard InChI is InChI=1S/C17H27NO3/c1-14-7-3-4-8-16(14)21-12-15(19)11-18-13-17(20)9-5-2-6-10-17/h3-4,7-8,15,18-20H,2,5-6,9-13H2,1H3. The average Bonchev–Trinajstić information content (AvgIpc) is 2.47. The molecule has 1 aromatic carbocycles. The van der Waals surface area contributed by atoms with Crippen molar-refractivity contribution in [3.05, 3.63) is 29.8 Å². The smallest absolute Gasteiger partial charge is 0.122 e. The van der Waals surface area contributed by atoms with E-state index in [1.165, 1.54) is 6.42 Å². The first kappa shape index (κ1) is 16.3. The minimum absolute atomic E-state index is 0.260. The number of aliphatic hydroxyl groups is 2. The quantitative estimate of drug-likeness (QED) is 0.720. The molecule has 1 unspecified atom stereocenters. The summed E-state index contributed by atoms with van der Waals surface area (Å²) in [5, 5.41) is 23.5. The van der Waals surface area contributed by atoms with E-state index in [4.69, 9.17) is 4.74 Å². The first-order valence-corrected chi connectivity index (χ1v) is 7.89. The molecule has 1 fully saturated rings. The Kier molecular flexibility index (Phi) is 6.03. The summed E-state index contributed by atoms with van der Waals surface area (Å²) in [5.41, 5.74) is 0.476. The highest BCUT2D eigenvalue weighted by atomic mass is 16.5. The van der Waals surface area contributed by atoms with Crippen molar-refractivity contribution >= 4 is 0 Å². The molecule has 1 atom stereocenters. The SMILES string of the molecule is Cc1ccccc1OCC(O)CNCC1(O)CCCCC1. The number of para-hydroxylation sites is 1. The largest absolute Gasteiger partial charge is 0.491 e. The van der Waals surface area contributed by atoms with E-state index in [2.05, 4.69) is 5.32 Å². The molecular formula is C17H27NO3. The fourth-order valence-corrected chi connectivity index (χ4v) is 2.82. The van der Waals surface area contributed by atoms with Crippen molar-refractivity contribution < 1.29 is 14.9 Å². The van der Waals surface area contributed by atoms with Gasteiger partial charge in [-0.05, 0) is 31.4 Å². The van der Waals surface area contributed by atoms with Gasteiger partial charge in [0.05, 0.1) is 5.60 Å². The van der Waals surface area contributed by atoms with Gasteiger partial charge in [-0.1, -0.05) is 37.5 Å². The van der Waals surface area contributed by atoms with Crippen LogP contribution in [0.1, 0.15) is 37.7 Å². The Morgan fingerprint density at radius 1 is 1.24 bits per heavy atom. The van der Waals surface area contributed by atoms with Crippen LogP contribution in [0.25, 0.3) is 0 Å². The van der Waals surface area contributed by atoms with E-state index in [-0.39, 0.29) is 6.61 Å². The van der Waals surface area contributed by atoms with Crippen molar-refractivity contribution in [2.45, 2.75) is 50.7 Å². The highest BCUT2D eigenvalue weighted by Crippen LogP contribution is 2.27. The Balaban J connectivity index is 1.65. The second-order valence-electron chi connectivity index (χ2n) is 6.15. The summed E-state index contributed by atoms with van der Waals surface area (Å²) in [6.45, 7) is 3.23. The van der Waals surface area contributed by atoms with Crippen molar-refractivity contribution in [2.24, 2.45) is 0 Å². The van der Waals surface area contributed by atoms with Crippen molar-refractivity contribution in [2.75, 3.05) is 19.7 Å². The summed E-state index contributed by atoms with van der Waals surface area (Å²) in [7, 11) is 0. The minimum atomic E-state index is -0.588. The average molecular weight is 293 g/mol. The van der Waals surface area contributed by atoms with Crippen molar-refractivity contribution in [1.82, 2.24) is 5.32 Å². The molecule has 4 nitrogen and oxygen atoms in total. The van der Waals surface area contributed by atoms with Crippen LogP contribution in [-0.4, -0.2) is 41.6 Å². The summed E-state index contributed by atoms with van der Waals surface area (Å²) in [5.74, 6) is 0.808. The van der Waals surface area contributed by atoms with E-state index < -0.39 is 11.7 Å². The zero-order chi connectivity index (χ0) is 15.1. The van der Waals surface area contributed by atoms with Gasteiger partial charge in [0.1, 0.15) is 18.5 Å². The predicted octanol–water partition coefficient (Wildman–Crippen LogP) is 2.02. The lowest BCUT2D eigenvalue weighted by Gasteiger charge is -2.32. The minimum Gasteiger partial charge on any atom is -0.491 e. The molecule has 1 aromatic rings. The monoisotopic (exact) mass is 293 g/mol. The number of nitrogens with one attached hydrogen (secondary N) is 1. The first-order valence-electron chi connectivity index (χ1n) is 7.89. The Bertz CT molecular complexity index is 430. The molecule has 118 valence electrons. The fraction of sp³-hybridized carbons (Fsp3) is 0.647. The second-order valence-corrected chi connectivity index (χ2v) is 6.15. The molecular weight excluding hydrogens is 266 g/mol. The van der Waals surface area contributed by atoms with Crippen molar-refractivity contribution in [1.29, 1.82) is 0 Å². The highest BCUT2D eigenvalue weighted by Gasteiger charge is 2.28. The number of rotatable bonds is 7. The van der Waals surface area contributed by atoms with Crippen LogP contribution in [-0.2, 0) is 0 Å². The van der Waals surface area contributed by atoms with E-state index in [1.54, 1.807) is 0 Å². The van der Waals surface area contributed by atoms with Crippen molar-refractivity contribution in [3.63, 3.8) is 0 Å². The van der Waals surface area contributed by atoms with Gasteiger partial charge in [0.15, 0.2) is 0 Å². The number of hydrogen-bond acceptors (Lipinski definition) is 4. The van der Waals surface area contributed by atoms with E-state index >= 15 is 0 Å². The molecule has 0 bridgehead atoms. The van der Waals surface area contributed by atoms with Gasteiger partial charge in [-0.25, -0.2) is 0 Å². The Morgan fingerprint density at radius 3 is 2.67 bits per heavy atom. The third kappa shape index (κ3) is 5.30. The molecule has 1 aliphatic carbocycles. The van der Waals surface area contributed by atoms with Crippen molar-refractivity contribution in [3.8, 4) is 5.75 Å². The highest BCUT2D eigenvalue weighted by molar-refractivity contribution is 5.31. The van der Waals surface area contributed by atoms with Gasteiger partial charge >= 0.3 is 0 Å². The zero-order valence-electron chi connectivity index (χ0n) is 12.8. The molecule has 0 heterocycles. The molecule has 21 heavy (non-hydrogen) atoms. The molecule has 0 amide bonds. The molecule has 0 aliphatic heterocycles. The van der Waals surface area contributed by atoms with Crippen LogP contribution in [0.4, 0.5) is 0 Å². The van der Waals surface area contributed by atoms with Crippen LogP contribution in [0.3, 0.4) is 0 Å². The second kappa shape index (κ2) is 7.78. The van der Waals surface area contributed by atoms with Gasteiger partial charge in [-0.15, -0.1) is 0 Å². The summed E-state index contributed by atoms with van der Waals surface area (Å²) in [6, 6.07) is 7.77. The molecule has 1 aliphatic rings. The van der Waals surface area contributed by atoms with E-state index in [0.717, 1.165) is 37.0 Å². The number of aliphatic hydroxyl groups excluding tert-OH is 1. The molecule has 0 saturated heterocycles. The Hall–Kier alpha value is -1.10. The summed E-state index contributed by atoms with van der Waals surface area (Å²) < 4.78 is 5.61. The summed E-state index contributed by atoms with van der Waals surface area (Å²) >= 11 is 0. The maximum Gasteiger partial charge on any atom is 0.122 e. The number of ether oxygens (including phenoxy) is 1. The van der Waals surface area contributed by atoms with Crippen LogP contribution in [0.2, 0.25) is 0 Å². The summed E-state index contributed by atoms with van der Waals surface area (Å²) in [4.78, 5) is 0. The molecule has 4 heteroatoms. The van der Waals surface area contributed by atoms with E-state index in [1.807, 2.05) is 31.2 Å². The lowest BCUT2D eigenvalue weighted by molar-refractivity contribution is 0.00142. The topological polar surface area (TPSA) is 61.7 Å². The Morgan fingerprint density at radius 2 is 1.95 bits per heavy atom. The lowest BCUT2D eigenvalue weighted by atomic mass is 9.85. The molecule has 1 saturated carbocycles. The lowest BCUT2D eigenvalue weighted by Crippen LogP contribution is -2.44. The third-order valence-electron chi connectivity index (χ3n) is 4.14. The number of aryl methyl sites for hydroxylation is 1. The van der Waals surface area contributed by atoms with Gasteiger partial charge in [0.2, 0.25) is 0 Å². The van der Waals surface area contributed by atoms with E-state index in [0.29, 0.717) is 13.1 Å². The first-order chi connectivity index (χ1) is 10.1. The Labute approximate surface area is 127 Å². The number of benzene rings is 1. The van der Waals surface area contributed by atoms with Crippen LogP contribution >= 0.6 is 0 Å². The third-order valence-corrected chi connectivity index (χ3v) is 4.14. The van der Waals surface area contributed by atoms with Gasteiger partial charge in [0, 0.05) is 13.1 Å². The van der Waals surface area contributed by atoms with Crippen LogP contribution < -0.4 is 10.1 Å². The maximum atomic E-state index is 10.4. The van der Waals surface area contributed by atoms with E-state index in [9.17, 15) is 10.2 Å². The summed E-state index contributed by atoms with van der Waals surface area (Å²) in [6.07, 6.45) is 4.55. The molecule has 0 radical (unpaired) electrons. The molecule has 3 N–H and O–H groups in total. The van der Waals surface area contributed by atoms with Gasteiger partial charge in [0.25, 0.3) is 0 Å². The molecule has 2 rings (SSSR count). The zero-order valence-corrected chi connectivity index (χ0v) is 12.8. The van der Waals surface area contributed by atoms with Gasteiger partial charge < -0.3 is 20.3 Å². The fourth-order valence-electron chi connectivity index (χ4n) is 2.82. The predicted molar refractivity (Wildman–Crippen MR) is 83.6 cm³/mol. The molecule has 0 aromatic heterocycles. The number of hydrogen-bond donors (Lipinski definition) is 3. The van der Waals surface area contributed by atoms with Crippen LogP contribution in [0, 0.1) is 6.92 Å². The maximum absolute atomic E-state index is 10.4. The van der Waals surface area contributed by atoms with Crippen LogP contribution in [0.15, 0.2) is 24.3 Å². The van der Waals surface area contributed by atoms with Gasteiger partial charge in [-0.3, -0.25) is 0 Å². The van der Waals surface area contributed by atoms with Gasteiger partial charge in [-0.2, -0.15) is 0 Å².